The average molecular weight is 296 g/mol. The molecule has 21 heavy (non-hydrogen) atoms. The van der Waals surface area contributed by atoms with Gasteiger partial charge in [-0.25, -0.2) is 0 Å². The number of carbonyl (C=O) groups is 1. The van der Waals surface area contributed by atoms with E-state index in [1.807, 2.05) is 68.4 Å². The van der Waals surface area contributed by atoms with E-state index >= 15 is 0 Å². The van der Waals surface area contributed by atoms with Gasteiger partial charge in [0.2, 0.25) is 5.78 Å². The van der Waals surface area contributed by atoms with Gasteiger partial charge in [-0.15, -0.1) is 11.3 Å². The number of ketones is 1. The molecule has 0 saturated heterocycles. The largest absolute Gasteiger partial charge is 0.490 e. The van der Waals surface area contributed by atoms with Crippen molar-refractivity contribution in [2.45, 2.75) is 20.0 Å². The molecule has 106 valence electrons. The molecule has 0 bridgehead atoms. The van der Waals surface area contributed by atoms with Crippen LogP contribution in [0.3, 0.4) is 0 Å². The maximum atomic E-state index is 12.7. The molecule has 0 amide bonds. The van der Waals surface area contributed by atoms with Gasteiger partial charge in [-0.3, -0.25) is 4.79 Å². The van der Waals surface area contributed by atoms with E-state index in [0.717, 1.165) is 15.0 Å². The van der Waals surface area contributed by atoms with Crippen LogP contribution in [0.5, 0.6) is 5.75 Å². The first-order valence-corrected chi connectivity index (χ1v) is 7.76. The second-order valence-corrected chi connectivity index (χ2v) is 6.22. The lowest BCUT2D eigenvalue weighted by Crippen LogP contribution is -2.10. The third-order valence-corrected chi connectivity index (χ3v) is 4.26. The summed E-state index contributed by atoms with van der Waals surface area (Å²) in [6, 6.07) is 17.4. The van der Waals surface area contributed by atoms with Gasteiger partial charge >= 0.3 is 0 Å². The van der Waals surface area contributed by atoms with Crippen LogP contribution in [-0.2, 0) is 0 Å². The molecule has 2 aromatic carbocycles. The van der Waals surface area contributed by atoms with Gasteiger partial charge in [0.05, 0.1) is 16.5 Å². The van der Waals surface area contributed by atoms with Crippen LogP contribution in [0, 0.1) is 0 Å². The fraction of sp³-hybridized carbons (Fsp3) is 0.167. The Bertz CT molecular complexity index is 754. The lowest BCUT2D eigenvalue weighted by Gasteiger charge is -2.12. The minimum absolute atomic E-state index is 0.0208. The summed E-state index contributed by atoms with van der Waals surface area (Å²) >= 11 is 1.52. The number of carbonyl (C=O) groups excluding carboxylic acids is 1. The van der Waals surface area contributed by atoms with Crippen molar-refractivity contribution in [2.75, 3.05) is 0 Å². The molecule has 1 heterocycles. The van der Waals surface area contributed by atoms with Gasteiger partial charge in [0.15, 0.2) is 0 Å². The highest BCUT2D eigenvalue weighted by Crippen LogP contribution is 2.30. The normalized spacial score (nSPS) is 11.0. The monoisotopic (exact) mass is 296 g/mol. The average Bonchev–Trinajstić information content (AvgIpc) is 2.90. The van der Waals surface area contributed by atoms with Crippen molar-refractivity contribution in [2.24, 2.45) is 0 Å². The molecule has 0 N–H and O–H groups in total. The van der Waals surface area contributed by atoms with Crippen molar-refractivity contribution < 1.29 is 9.53 Å². The van der Waals surface area contributed by atoms with E-state index in [4.69, 9.17) is 4.74 Å². The second-order valence-electron chi connectivity index (χ2n) is 5.14. The lowest BCUT2D eigenvalue weighted by molar-refractivity contribution is 0.103. The minimum atomic E-state index is 0.0208. The summed E-state index contributed by atoms with van der Waals surface area (Å²) < 4.78 is 6.87. The number of thiophene rings is 1. The summed E-state index contributed by atoms with van der Waals surface area (Å²) in [5, 5.41) is 1.10. The second kappa shape index (κ2) is 5.70. The Morgan fingerprint density at radius 2 is 1.76 bits per heavy atom. The van der Waals surface area contributed by atoms with Crippen molar-refractivity contribution >= 4 is 27.2 Å². The fourth-order valence-corrected chi connectivity index (χ4v) is 3.25. The zero-order valence-corrected chi connectivity index (χ0v) is 12.8. The van der Waals surface area contributed by atoms with Crippen LogP contribution in [0.2, 0.25) is 0 Å². The van der Waals surface area contributed by atoms with Gasteiger partial charge in [-0.1, -0.05) is 30.3 Å². The predicted octanol–water partition coefficient (Wildman–Crippen LogP) is 4.92. The molecule has 0 aliphatic rings. The highest BCUT2D eigenvalue weighted by molar-refractivity contribution is 7.21. The summed E-state index contributed by atoms with van der Waals surface area (Å²) in [5.74, 6) is 0.669. The van der Waals surface area contributed by atoms with E-state index in [9.17, 15) is 4.79 Å². The van der Waals surface area contributed by atoms with Crippen LogP contribution in [0.25, 0.3) is 10.1 Å². The van der Waals surface area contributed by atoms with E-state index in [2.05, 4.69) is 0 Å². The minimum Gasteiger partial charge on any atom is -0.490 e. The Morgan fingerprint density at radius 1 is 1.05 bits per heavy atom. The molecule has 0 spiro atoms. The van der Waals surface area contributed by atoms with Crippen molar-refractivity contribution in [3.05, 3.63) is 65.0 Å². The van der Waals surface area contributed by atoms with Crippen LogP contribution in [-0.4, -0.2) is 11.9 Å². The first kappa shape index (κ1) is 13.8. The highest BCUT2D eigenvalue weighted by Gasteiger charge is 2.17. The molecule has 3 aromatic rings. The van der Waals surface area contributed by atoms with Crippen LogP contribution >= 0.6 is 11.3 Å². The fourth-order valence-electron chi connectivity index (χ4n) is 2.24. The molecule has 3 heteroatoms. The number of rotatable bonds is 4. The number of benzene rings is 2. The van der Waals surface area contributed by atoms with Gasteiger partial charge < -0.3 is 4.74 Å². The van der Waals surface area contributed by atoms with E-state index in [1.165, 1.54) is 11.3 Å². The summed E-state index contributed by atoms with van der Waals surface area (Å²) in [4.78, 5) is 13.5. The first-order chi connectivity index (χ1) is 10.1. The summed E-state index contributed by atoms with van der Waals surface area (Å²) in [6.07, 6.45) is 0.0429. The molecule has 0 aliphatic carbocycles. The van der Waals surface area contributed by atoms with Gasteiger partial charge in [0, 0.05) is 4.70 Å². The third-order valence-electron chi connectivity index (χ3n) is 3.14. The van der Waals surface area contributed by atoms with Crippen molar-refractivity contribution in [1.82, 2.24) is 0 Å². The first-order valence-electron chi connectivity index (χ1n) is 6.94. The standard InChI is InChI=1S/C18H16O2S/c1-12(2)20-15-9-5-4-8-14(15)18(19)17-11-13-7-3-6-10-16(13)21-17/h3-12H,1-2H3. The summed E-state index contributed by atoms with van der Waals surface area (Å²) in [5.41, 5.74) is 0.623. The topological polar surface area (TPSA) is 26.3 Å². The molecule has 0 radical (unpaired) electrons. The Morgan fingerprint density at radius 3 is 2.52 bits per heavy atom. The van der Waals surface area contributed by atoms with E-state index in [1.54, 1.807) is 0 Å². The zero-order valence-electron chi connectivity index (χ0n) is 12.0. The van der Waals surface area contributed by atoms with Crippen molar-refractivity contribution in [3.8, 4) is 5.75 Å². The molecule has 0 fully saturated rings. The SMILES string of the molecule is CC(C)Oc1ccccc1C(=O)c1cc2ccccc2s1. The van der Waals surface area contributed by atoms with Gasteiger partial charge in [-0.2, -0.15) is 0 Å². The van der Waals surface area contributed by atoms with E-state index in [0.29, 0.717) is 11.3 Å². The Balaban J connectivity index is 2.02. The van der Waals surface area contributed by atoms with Gasteiger partial charge in [-0.05, 0) is 43.5 Å². The Labute approximate surface area is 128 Å². The third kappa shape index (κ3) is 2.83. The van der Waals surface area contributed by atoms with Crippen LogP contribution < -0.4 is 4.74 Å². The maximum Gasteiger partial charge on any atom is 0.206 e. The summed E-state index contributed by atoms with van der Waals surface area (Å²) in [7, 11) is 0. The van der Waals surface area contributed by atoms with Crippen LogP contribution in [0.15, 0.2) is 54.6 Å². The number of ether oxygens (including phenoxy) is 1. The molecule has 3 rings (SSSR count). The zero-order chi connectivity index (χ0) is 14.8. The Hall–Kier alpha value is -2.13. The molecule has 0 atom stereocenters. The predicted molar refractivity (Wildman–Crippen MR) is 87.5 cm³/mol. The van der Waals surface area contributed by atoms with Crippen LogP contribution in [0.1, 0.15) is 29.1 Å². The number of hydrogen-bond donors (Lipinski definition) is 0. The lowest BCUT2D eigenvalue weighted by atomic mass is 10.1. The van der Waals surface area contributed by atoms with Crippen LogP contribution in [0.4, 0.5) is 0 Å². The molecule has 2 nitrogen and oxygen atoms in total. The van der Waals surface area contributed by atoms with E-state index < -0.39 is 0 Å². The quantitative estimate of drug-likeness (QED) is 0.639. The Kier molecular flexibility index (Phi) is 3.76. The smallest absolute Gasteiger partial charge is 0.206 e. The van der Waals surface area contributed by atoms with E-state index in [-0.39, 0.29) is 11.9 Å². The number of fused-ring (bicyclic) bond motifs is 1. The maximum absolute atomic E-state index is 12.7. The summed E-state index contributed by atoms with van der Waals surface area (Å²) in [6.45, 7) is 3.92. The molecule has 1 aromatic heterocycles. The van der Waals surface area contributed by atoms with Gasteiger partial charge in [0.1, 0.15) is 5.75 Å². The molecular weight excluding hydrogens is 280 g/mol. The van der Waals surface area contributed by atoms with Crippen molar-refractivity contribution in [3.63, 3.8) is 0 Å². The molecule has 0 saturated carbocycles. The molecule has 0 unspecified atom stereocenters. The van der Waals surface area contributed by atoms with Crippen molar-refractivity contribution in [1.29, 1.82) is 0 Å². The molecular formula is C18H16O2S. The molecule has 0 aliphatic heterocycles. The number of para-hydroxylation sites is 1. The number of hydrogen-bond acceptors (Lipinski definition) is 3. The van der Waals surface area contributed by atoms with Gasteiger partial charge in [0.25, 0.3) is 0 Å². The highest BCUT2D eigenvalue weighted by atomic mass is 32.1.